The van der Waals surface area contributed by atoms with Gasteiger partial charge in [-0.1, -0.05) is 31.5 Å². The van der Waals surface area contributed by atoms with E-state index in [0.29, 0.717) is 16.9 Å². The van der Waals surface area contributed by atoms with Crippen molar-refractivity contribution in [2.75, 3.05) is 22.9 Å². The molecule has 0 bridgehead atoms. The van der Waals surface area contributed by atoms with E-state index in [0.717, 1.165) is 40.9 Å². The minimum Gasteiger partial charge on any atom is -0.370 e. The summed E-state index contributed by atoms with van der Waals surface area (Å²) < 4.78 is 2.15. The highest BCUT2D eigenvalue weighted by Gasteiger charge is 2.42. The van der Waals surface area contributed by atoms with Gasteiger partial charge in [-0.2, -0.15) is 0 Å². The number of pyridine rings is 1. The van der Waals surface area contributed by atoms with Crippen LogP contribution in [0.2, 0.25) is 5.02 Å². The van der Waals surface area contributed by atoms with Crippen molar-refractivity contribution in [1.82, 2.24) is 14.9 Å². The minimum absolute atomic E-state index is 0.0376. The van der Waals surface area contributed by atoms with E-state index in [2.05, 4.69) is 88.2 Å². The van der Waals surface area contributed by atoms with Crippen molar-refractivity contribution in [2.45, 2.75) is 32.4 Å². The van der Waals surface area contributed by atoms with Crippen molar-refractivity contribution in [1.29, 1.82) is 0 Å². The van der Waals surface area contributed by atoms with E-state index in [9.17, 15) is 0 Å². The van der Waals surface area contributed by atoms with Gasteiger partial charge in [-0.3, -0.25) is 4.98 Å². The molecule has 2 saturated heterocycles. The third-order valence-electron chi connectivity index (χ3n) is 6.80. The van der Waals surface area contributed by atoms with Crippen LogP contribution in [-0.2, 0) is 7.05 Å². The average molecular weight is 480 g/mol. The largest absolute Gasteiger partial charge is 0.370 e. The quantitative estimate of drug-likeness (QED) is 0.483. The van der Waals surface area contributed by atoms with E-state index in [4.69, 9.17) is 23.8 Å². The highest BCUT2D eigenvalue weighted by Crippen LogP contribution is 2.43. The Balaban J connectivity index is 1.52. The van der Waals surface area contributed by atoms with Crippen LogP contribution in [0, 0.1) is 11.8 Å². The van der Waals surface area contributed by atoms with Gasteiger partial charge in [0.15, 0.2) is 5.11 Å². The molecule has 0 saturated carbocycles. The number of aryl methyl sites for hydroxylation is 1. The number of anilines is 2. The molecule has 2 aliphatic rings. The van der Waals surface area contributed by atoms with Gasteiger partial charge in [0.05, 0.1) is 22.4 Å². The van der Waals surface area contributed by atoms with E-state index < -0.39 is 0 Å². The molecule has 2 aromatic heterocycles. The van der Waals surface area contributed by atoms with Crippen LogP contribution in [0.4, 0.5) is 11.4 Å². The minimum atomic E-state index is -0.0606. The molecule has 0 spiro atoms. The topological polar surface area (TPSA) is 36.3 Å². The fourth-order valence-corrected chi connectivity index (χ4v) is 6.12. The van der Waals surface area contributed by atoms with Crippen LogP contribution in [0.5, 0.6) is 0 Å². The first-order chi connectivity index (χ1) is 15.9. The Kier molecular flexibility index (Phi) is 6.06. The number of hydrogen-bond donors (Lipinski definition) is 1. The van der Waals surface area contributed by atoms with E-state index in [1.54, 1.807) is 0 Å². The molecule has 2 fully saturated rings. The number of benzene rings is 1. The number of halogens is 1. The molecule has 33 heavy (non-hydrogen) atoms. The Hall–Kier alpha value is -2.57. The zero-order valence-electron chi connectivity index (χ0n) is 19.3. The van der Waals surface area contributed by atoms with Crippen molar-refractivity contribution < 1.29 is 0 Å². The number of aromatic nitrogens is 2. The van der Waals surface area contributed by atoms with Crippen LogP contribution in [0.25, 0.3) is 0 Å². The summed E-state index contributed by atoms with van der Waals surface area (Å²) >= 11 is 12.7. The van der Waals surface area contributed by atoms with E-state index >= 15 is 0 Å². The maximum atomic E-state index is 6.89. The second-order valence-corrected chi connectivity index (χ2v) is 10.3. The Bertz CT molecular complexity index is 1140. The third kappa shape index (κ3) is 4.22. The first-order valence-electron chi connectivity index (χ1n) is 11.6. The Morgan fingerprint density at radius 1 is 1.06 bits per heavy atom. The van der Waals surface area contributed by atoms with E-state index in [1.807, 2.05) is 18.3 Å². The molecule has 1 N–H and O–H groups in total. The van der Waals surface area contributed by atoms with Crippen molar-refractivity contribution in [2.24, 2.45) is 18.9 Å². The van der Waals surface area contributed by atoms with Crippen molar-refractivity contribution in [3.8, 4) is 0 Å². The van der Waals surface area contributed by atoms with Crippen LogP contribution >= 0.6 is 23.8 Å². The van der Waals surface area contributed by atoms with Gasteiger partial charge in [0.1, 0.15) is 6.04 Å². The summed E-state index contributed by atoms with van der Waals surface area (Å²) in [5.74, 6) is 1.33. The second kappa shape index (κ2) is 8.99. The zero-order valence-corrected chi connectivity index (χ0v) is 20.9. The van der Waals surface area contributed by atoms with Crippen LogP contribution < -0.4 is 15.1 Å². The predicted molar refractivity (Wildman–Crippen MR) is 140 cm³/mol. The molecular formula is C26H30ClN5S. The number of thiocarbonyl (C=S) groups is 1. The van der Waals surface area contributed by atoms with Gasteiger partial charge in [0, 0.05) is 43.9 Å². The number of nitrogens with zero attached hydrogens (tertiary/aromatic N) is 4. The highest BCUT2D eigenvalue weighted by molar-refractivity contribution is 7.80. The number of piperidine rings is 1. The molecule has 0 amide bonds. The Morgan fingerprint density at radius 2 is 1.85 bits per heavy atom. The first kappa shape index (κ1) is 22.2. The SMILES string of the molecule is C[C@@H]1C[C@H](C)CN(c2ccc(N3C(=S)N[C@H](c4ccccn4)[C@@H]3c3cccn3C)cc2Cl)C1. The van der Waals surface area contributed by atoms with Crippen molar-refractivity contribution in [3.05, 3.63) is 77.3 Å². The standard InChI is InChI=1S/C26H30ClN5S/c1-17-13-18(2)16-31(15-17)22-10-9-19(14-20(22)27)32-25(23-8-6-12-30(23)3)24(29-26(32)33)21-7-4-5-11-28-21/h4-12,14,17-18,24-25H,13,15-16H2,1-3H3,(H,29,33)/t17-,18+,24-,25+/m1/s1. The number of hydrogen-bond acceptors (Lipinski definition) is 3. The summed E-state index contributed by atoms with van der Waals surface area (Å²) in [5.41, 5.74) is 4.22. The number of nitrogens with one attached hydrogen (secondary N) is 1. The third-order valence-corrected chi connectivity index (χ3v) is 7.42. The summed E-state index contributed by atoms with van der Waals surface area (Å²) in [5, 5.41) is 4.97. The monoisotopic (exact) mass is 479 g/mol. The molecule has 4 heterocycles. The Morgan fingerprint density at radius 3 is 2.48 bits per heavy atom. The van der Waals surface area contributed by atoms with Crippen molar-refractivity contribution in [3.63, 3.8) is 0 Å². The van der Waals surface area contributed by atoms with Crippen LogP contribution in [0.15, 0.2) is 60.9 Å². The van der Waals surface area contributed by atoms with Gasteiger partial charge in [-0.25, -0.2) is 0 Å². The van der Waals surface area contributed by atoms with Crippen LogP contribution in [0.3, 0.4) is 0 Å². The fraction of sp³-hybridized carbons (Fsp3) is 0.385. The molecule has 0 unspecified atom stereocenters. The van der Waals surface area contributed by atoms with E-state index in [-0.39, 0.29) is 12.1 Å². The first-order valence-corrected chi connectivity index (χ1v) is 12.4. The molecule has 1 aromatic carbocycles. The molecule has 7 heteroatoms. The lowest BCUT2D eigenvalue weighted by Gasteiger charge is -2.37. The maximum absolute atomic E-state index is 6.89. The second-order valence-electron chi connectivity index (χ2n) is 9.53. The lowest BCUT2D eigenvalue weighted by Crippen LogP contribution is -2.38. The smallest absolute Gasteiger partial charge is 0.174 e. The number of rotatable bonds is 4. The van der Waals surface area contributed by atoms with Crippen LogP contribution in [-0.4, -0.2) is 27.8 Å². The van der Waals surface area contributed by atoms with Crippen molar-refractivity contribution >= 4 is 40.3 Å². The summed E-state index contributed by atoms with van der Waals surface area (Å²) in [6, 6.07) is 16.5. The summed E-state index contributed by atoms with van der Waals surface area (Å²) in [4.78, 5) is 9.24. The molecule has 4 atom stereocenters. The normalized spacial score (nSPS) is 25.4. The molecule has 2 aliphatic heterocycles. The van der Waals surface area contributed by atoms with Gasteiger partial charge in [0.2, 0.25) is 0 Å². The summed E-state index contributed by atoms with van der Waals surface area (Å²) in [6.07, 6.45) is 5.17. The maximum Gasteiger partial charge on any atom is 0.174 e. The van der Waals surface area contributed by atoms with Gasteiger partial charge >= 0.3 is 0 Å². The summed E-state index contributed by atoms with van der Waals surface area (Å²) in [6.45, 7) is 6.73. The van der Waals surface area contributed by atoms with E-state index in [1.165, 1.54) is 6.42 Å². The van der Waals surface area contributed by atoms with Gasteiger partial charge in [-0.05, 0) is 72.9 Å². The molecule has 0 aliphatic carbocycles. The highest BCUT2D eigenvalue weighted by atomic mass is 35.5. The lowest BCUT2D eigenvalue weighted by molar-refractivity contribution is 0.357. The lowest BCUT2D eigenvalue weighted by atomic mass is 9.91. The van der Waals surface area contributed by atoms with Gasteiger partial charge in [0.25, 0.3) is 0 Å². The molecule has 0 radical (unpaired) electrons. The predicted octanol–water partition coefficient (Wildman–Crippen LogP) is 5.73. The zero-order chi connectivity index (χ0) is 23.1. The van der Waals surface area contributed by atoms with Gasteiger partial charge in [-0.15, -0.1) is 0 Å². The Labute approximate surface area is 206 Å². The average Bonchev–Trinajstić information content (AvgIpc) is 3.35. The molecular weight excluding hydrogens is 450 g/mol. The van der Waals surface area contributed by atoms with Gasteiger partial charge < -0.3 is 19.7 Å². The molecule has 5 rings (SSSR count). The molecule has 3 aromatic rings. The van der Waals surface area contributed by atoms with Crippen LogP contribution in [0.1, 0.15) is 43.7 Å². The molecule has 5 nitrogen and oxygen atoms in total. The summed E-state index contributed by atoms with van der Waals surface area (Å²) in [7, 11) is 2.07. The molecule has 172 valence electrons. The fourth-order valence-electron chi connectivity index (χ4n) is 5.48.